The maximum atomic E-state index is 12.3. The van der Waals surface area contributed by atoms with E-state index in [1.165, 1.54) is 7.28 Å². The predicted molar refractivity (Wildman–Crippen MR) is 83.0 cm³/mol. The highest BCUT2D eigenvalue weighted by Crippen LogP contribution is 2.19. The molecule has 0 amide bonds. The van der Waals surface area contributed by atoms with E-state index in [1.54, 1.807) is 24.3 Å². The lowest BCUT2D eigenvalue weighted by atomic mass is 9.69. The summed E-state index contributed by atoms with van der Waals surface area (Å²) >= 11 is 0. The highest BCUT2D eigenvalue weighted by atomic mass is 16.7. The Morgan fingerprint density at radius 1 is 1.19 bits per heavy atom. The molecule has 21 heavy (non-hydrogen) atoms. The molecule has 0 aliphatic heterocycles. The van der Waals surface area contributed by atoms with Crippen molar-refractivity contribution in [3.8, 4) is 5.75 Å². The average Bonchev–Trinajstić information content (AvgIpc) is 2.46. The largest absolute Gasteiger partial charge is 0.361 e. The van der Waals surface area contributed by atoms with E-state index in [0.29, 0.717) is 24.5 Å². The van der Waals surface area contributed by atoms with Crippen LogP contribution < -0.4 is 4.84 Å². The van der Waals surface area contributed by atoms with Gasteiger partial charge in [0.1, 0.15) is 11.9 Å². The summed E-state index contributed by atoms with van der Waals surface area (Å²) in [4.78, 5) is 17.6. The Bertz CT molecular complexity index is 480. The van der Waals surface area contributed by atoms with Gasteiger partial charge >= 0.3 is 0 Å². The SMILES string of the molecule is CCOC([B]C(=O)c1ccccc1ON=C(C)C)OCC. The third kappa shape index (κ3) is 6.10. The molecule has 0 atom stereocenters. The molecule has 0 aromatic heterocycles. The molecule has 0 unspecified atom stereocenters. The van der Waals surface area contributed by atoms with Crippen LogP contribution in [0.2, 0.25) is 0 Å². The summed E-state index contributed by atoms with van der Waals surface area (Å²) in [6.45, 7) is 8.26. The van der Waals surface area contributed by atoms with Crippen molar-refractivity contribution < 1.29 is 19.1 Å². The molecule has 0 heterocycles. The van der Waals surface area contributed by atoms with Crippen molar-refractivity contribution in [3.05, 3.63) is 29.8 Å². The van der Waals surface area contributed by atoms with Gasteiger partial charge in [-0.2, -0.15) is 0 Å². The van der Waals surface area contributed by atoms with Crippen LogP contribution in [0.3, 0.4) is 0 Å². The first-order valence-electron chi connectivity index (χ1n) is 6.98. The van der Waals surface area contributed by atoms with Crippen LogP contribution in [0, 0.1) is 0 Å². The summed E-state index contributed by atoms with van der Waals surface area (Å²) in [5.74, 6) is 0.409. The number of rotatable bonds is 9. The predicted octanol–water partition coefficient (Wildman–Crippen LogP) is 2.66. The van der Waals surface area contributed by atoms with Crippen LogP contribution in [0.5, 0.6) is 5.75 Å². The van der Waals surface area contributed by atoms with Crippen LogP contribution >= 0.6 is 0 Å². The van der Waals surface area contributed by atoms with Gasteiger partial charge in [0.2, 0.25) is 0 Å². The van der Waals surface area contributed by atoms with Crippen molar-refractivity contribution in [3.63, 3.8) is 0 Å². The Morgan fingerprint density at radius 3 is 2.38 bits per heavy atom. The van der Waals surface area contributed by atoms with Gasteiger partial charge < -0.3 is 19.1 Å². The Kier molecular flexibility index (Phi) is 7.71. The molecular formula is C15H21BNO4. The van der Waals surface area contributed by atoms with E-state index in [-0.39, 0.29) is 5.68 Å². The monoisotopic (exact) mass is 290 g/mol. The number of ether oxygens (including phenoxy) is 2. The van der Waals surface area contributed by atoms with Gasteiger partial charge in [-0.05, 0) is 39.8 Å². The summed E-state index contributed by atoms with van der Waals surface area (Å²) in [6, 6.07) is 6.94. The van der Waals surface area contributed by atoms with Crippen molar-refractivity contribution in [2.45, 2.75) is 33.9 Å². The van der Waals surface area contributed by atoms with Crippen molar-refractivity contribution in [2.75, 3.05) is 13.2 Å². The summed E-state index contributed by atoms with van der Waals surface area (Å²) in [7, 11) is 1.40. The Hall–Kier alpha value is -1.66. The molecule has 6 heteroatoms. The maximum Gasteiger partial charge on any atom is 0.283 e. The summed E-state index contributed by atoms with van der Waals surface area (Å²) in [5, 5.41) is 3.88. The first kappa shape index (κ1) is 17.4. The number of carbonyl (C=O) groups is 1. The smallest absolute Gasteiger partial charge is 0.283 e. The van der Waals surface area contributed by atoms with E-state index in [1.807, 2.05) is 27.7 Å². The molecular weight excluding hydrogens is 269 g/mol. The molecule has 113 valence electrons. The molecule has 0 bridgehead atoms. The fraction of sp³-hybridized carbons (Fsp3) is 0.467. The van der Waals surface area contributed by atoms with Crippen LogP contribution in [0.1, 0.15) is 38.1 Å². The van der Waals surface area contributed by atoms with Gasteiger partial charge in [-0.1, -0.05) is 17.3 Å². The fourth-order valence-corrected chi connectivity index (χ4v) is 1.58. The number of nitrogens with zero attached hydrogens (tertiary/aromatic N) is 1. The van der Waals surface area contributed by atoms with Gasteiger partial charge in [-0.25, -0.2) is 0 Å². The second-order valence-corrected chi connectivity index (χ2v) is 4.44. The molecule has 0 N–H and O–H groups in total. The molecule has 0 spiro atoms. The normalized spacial score (nSPS) is 10.3. The molecule has 1 radical (unpaired) electrons. The van der Waals surface area contributed by atoms with Crippen LogP contribution in [0.15, 0.2) is 29.4 Å². The molecule has 0 saturated heterocycles. The number of hydrogen-bond donors (Lipinski definition) is 0. The van der Waals surface area contributed by atoms with Crippen LogP contribution in [-0.2, 0) is 9.47 Å². The Balaban J connectivity index is 2.83. The molecule has 0 aliphatic rings. The van der Waals surface area contributed by atoms with Gasteiger partial charge in [-0.3, -0.25) is 0 Å². The average molecular weight is 290 g/mol. The minimum absolute atomic E-state index is 0.221. The number of oxime groups is 1. The molecule has 0 saturated carbocycles. The lowest BCUT2D eigenvalue weighted by Crippen LogP contribution is -2.31. The van der Waals surface area contributed by atoms with E-state index < -0.39 is 6.19 Å². The number of benzene rings is 1. The van der Waals surface area contributed by atoms with Gasteiger partial charge in [0, 0.05) is 13.2 Å². The van der Waals surface area contributed by atoms with Gasteiger partial charge in [0.05, 0.1) is 11.3 Å². The number of para-hydroxylation sites is 1. The second-order valence-electron chi connectivity index (χ2n) is 4.44. The van der Waals surface area contributed by atoms with E-state index in [0.717, 1.165) is 5.71 Å². The molecule has 1 aromatic rings. The van der Waals surface area contributed by atoms with Crippen LogP contribution in [0.4, 0.5) is 0 Å². The molecule has 0 fully saturated rings. The van der Waals surface area contributed by atoms with E-state index in [2.05, 4.69) is 5.16 Å². The minimum Gasteiger partial charge on any atom is -0.361 e. The van der Waals surface area contributed by atoms with Gasteiger partial charge in [0.25, 0.3) is 7.28 Å². The van der Waals surface area contributed by atoms with Gasteiger partial charge in [0.15, 0.2) is 5.75 Å². The first-order valence-corrected chi connectivity index (χ1v) is 6.98. The minimum atomic E-state index is -0.656. The van der Waals surface area contributed by atoms with Crippen molar-refractivity contribution in [2.24, 2.45) is 5.16 Å². The van der Waals surface area contributed by atoms with Crippen molar-refractivity contribution in [1.82, 2.24) is 0 Å². The lowest BCUT2D eigenvalue weighted by molar-refractivity contribution is -0.0819. The quantitative estimate of drug-likeness (QED) is 0.304. The number of carbonyl (C=O) groups excluding carboxylic acids is 1. The lowest BCUT2D eigenvalue weighted by Gasteiger charge is -2.15. The summed E-state index contributed by atoms with van der Waals surface area (Å²) in [5.41, 5.74) is 0.969. The van der Waals surface area contributed by atoms with Crippen molar-refractivity contribution >= 4 is 18.7 Å². The highest BCUT2D eigenvalue weighted by Gasteiger charge is 2.21. The zero-order valence-corrected chi connectivity index (χ0v) is 13.0. The first-order chi connectivity index (χ1) is 10.1. The zero-order chi connectivity index (χ0) is 15.7. The van der Waals surface area contributed by atoms with E-state index >= 15 is 0 Å². The second kappa shape index (κ2) is 9.31. The van der Waals surface area contributed by atoms with Crippen molar-refractivity contribution in [1.29, 1.82) is 0 Å². The summed E-state index contributed by atoms with van der Waals surface area (Å²) in [6.07, 6.45) is -0.656. The number of hydrogen-bond acceptors (Lipinski definition) is 5. The van der Waals surface area contributed by atoms with Gasteiger partial charge in [-0.15, -0.1) is 0 Å². The van der Waals surface area contributed by atoms with Crippen LogP contribution in [0.25, 0.3) is 0 Å². The third-order valence-corrected chi connectivity index (χ3v) is 2.43. The Labute approximate surface area is 126 Å². The highest BCUT2D eigenvalue weighted by molar-refractivity contribution is 6.78. The van der Waals surface area contributed by atoms with E-state index in [9.17, 15) is 4.79 Å². The third-order valence-electron chi connectivity index (χ3n) is 2.43. The zero-order valence-electron chi connectivity index (χ0n) is 13.0. The molecule has 0 aliphatic carbocycles. The maximum absolute atomic E-state index is 12.3. The molecule has 1 rings (SSSR count). The molecule has 1 aromatic carbocycles. The van der Waals surface area contributed by atoms with E-state index in [4.69, 9.17) is 14.3 Å². The Morgan fingerprint density at radius 2 is 1.81 bits per heavy atom. The molecule has 5 nitrogen and oxygen atoms in total. The summed E-state index contributed by atoms with van der Waals surface area (Å²) < 4.78 is 10.7. The van der Waals surface area contributed by atoms with Crippen LogP contribution in [-0.4, -0.2) is 38.1 Å². The standard InChI is InChI=1S/C15H21BNO4/c1-5-19-15(20-6-2)16-14(18)12-9-7-8-10-13(12)21-17-11(3)4/h7-10,15H,5-6H2,1-4H3. The fourth-order valence-electron chi connectivity index (χ4n) is 1.58. The topological polar surface area (TPSA) is 57.1 Å².